The molecule has 4 nitrogen and oxygen atoms in total. The predicted octanol–water partition coefficient (Wildman–Crippen LogP) is 4.61. The highest BCUT2D eigenvalue weighted by Crippen LogP contribution is 2.18. The molecule has 0 aliphatic carbocycles. The van der Waals surface area contributed by atoms with Crippen molar-refractivity contribution in [2.75, 3.05) is 0 Å². The topological polar surface area (TPSA) is 59.4 Å². The summed E-state index contributed by atoms with van der Waals surface area (Å²) in [6.45, 7) is 0.504. The number of pyridine rings is 1. The van der Waals surface area contributed by atoms with Gasteiger partial charge in [0.25, 0.3) is 0 Å². The van der Waals surface area contributed by atoms with Crippen LogP contribution in [0.25, 0.3) is 10.9 Å². The summed E-state index contributed by atoms with van der Waals surface area (Å²) in [7, 11) is 0. The number of aryl methyl sites for hydroxylation is 1. The first-order valence-corrected chi connectivity index (χ1v) is 8.48. The summed E-state index contributed by atoms with van der Waals surface area (Å²) < 4.78 is 5.85. The molecule has 0 fully saturated rings. The Bertz CT molecular complexity index is 843. The minimum absolute atomic E-state index is 0.238. The molecule has 2 aromatic carbocycles. The number of ether oxygens (including phenoxy) is 1. The highest BCUT2D eigenvalue weighted by Gasteiger charge is 2.01. The molecule has 0 aliphatic heterocycles. The van der Waals surface area contributed by atoms with Gasteiger partial charge in [0.2, 0.25) is 0 Å². The van der Waals surface area contributed by atoms with Gasteiger partial charge in [0.05, 0.1) is 5.52 Å². The third-order valence-electron chi connectivity index (χ3n) is 4.11. The second-order valence-corrected chi connectivity index (χ2v) is 6.06. The van der Waals surface area contributed by atoms with Crippen molar-refractivity contribution >= 4 is 16.9 Å². The number of rotatable bonds is 8. The summed E-state index contributed by atoms with van der Waals surface area (Å²) in [5.74, 6) is 0.100. The zero-order valence-corrected chi connectivity index (χ0v) is 14.0. The number of aliphatic carboxylic acids is 1. The molecule has 0 atom stereocenters. The summed E-state index contributed by atoms with van der Waals surface area (Å²) in [5.41, 5.74) is 3.26. The number of hydrogen-bond acceptors (Lipinski definition) is 3. The highest BCUT2D eigenvalue weighted by atomic mass is 16.5. The summed E-state index contributed by atoms with van der Waals surface area (Å²) in [4.78, 5) is 14.9. The van der Waals surface area contributed by atoms with Crippen LogP contribution in [0.2, 0.25) is 0 Å². The molecule has 128 valence electrons. The lowest BCUT2D eigenvalue weighted by atomic mass is 10.1. The molecular formula is C21H21NO3. The number of carboxylic acid groups (broad SMARTS) is 1. The van der Waals surface area contributed by atoms with E-state index in [9.17, 15) is 4.79 Å². The van der Waals surface area contributed by atoms with Crippen molar-refractivity contribution in [3.63, 3.8) is 0 Å². The maximum Gasteiger partial charge on any atom is 0.303 e. The molecule has 4 heteroatoms. The van der Waals surface area contributed by atoms with Crippen molar-refractivity contribution < 1.29 is 14.6 Å². The first kappa shape index (κ1) is 17.0. The first-order valence-electron chi connectivity index (χ1n) is 8.48. The van der Waals surface area contributed by atoms with Gasteiger partial charge >= 0.3 is 5.97 Å². The van der Waals surface area contributed by atoms with Crippen molar-refractivity contribution in [2.24, 2.45) is 0 Å². The van der Waals surface area contributed by atoms with Crippen LogP contribution in [0.5, 0.6) is 5.75 Å². The summed E-state index contributed by atoms with van der Waals surface area (Å²) >= 11 is 0. The summed E-state index contributed by atoms with van der Waals surface area (Å²) in [5, 5.41) is 9.76. The average Bonchev–Trinajstić information content (AvgIpc) is 2.64. The smallest absolute Gasteiger partial charge is 0.303 e. The van der Waals surface area contributed by atoms with Gasteiger partial charge in [0.15, 0.2) is 0 Å². The van der Waals surface area contributed by atoms with Crippen molar-refractivity contribution in [3.8, 4) is 5.75 Å². The molecular weight excluding hydrogens is 314 g/mol. The lowest BCUT2D eigenvalue weighted by Crippen LogP contribution is -1.97. The fourth-order valence-corrected chi connectivity index (χ4v) is 2.73. The number of fused-ring (bicyclic) bond motifs is 1. The van der Waals surface area contributed by atoms with Crippen LogP contribution in [0.15, 0.2) is 60.8 Å². The monoisotopic (exact) mass is 335 g/mol. The zero-order valence-electron chi connectivity index (χ0n) is 14.0. The molecule has 25 heavy (non-hydrogen) atoms. The van der Waals surface area contributed by atoms with E-state index in [0.717, 1.165) is 35.1 Å². The van der Waals surface area contributed by atoms with Gasteiger partial charge in [-0.15, -0.1) is 0 Å². The van der Waals surface area contributed by atoms with E-state index in [0.29, 0.717) is 13.0 Å². The average molecular weight is 335 g/mol. The molecule has 0 saturated carbocycles. The molecule has 0 spiro atoms. The van der Waals surface area contributed by atoms with Gasteiger partial charge in [0, 0.05) is 18.0 Å². The van der Waals surface area contributed by atoms with Crippen LogP contribution in [-0.4, -0.2) is 16.1 Å². The van der Waals surface area contributed by atoms with E-state index in [2.05, 4.69) is 17.1 Å². The Morgan fingerprint density at radius 2 is 1.80 bits per heavy atom. The van der Waals surface area contributed by atoms with E-state index in [1.54, 1.807) is 6.20 Å². The molecule has 1 N–H and O–H groups in total. The van der Waals surface area contributed by atoms with Gasteiger partial charge in [-0.05, 0) is 54.7 Å². The Hall–Kier alpha value is -2.88. The number of unbranched alkanes of at least 4 members (excludes halogenated alkanes) is 1. The third kappa shape index (κ3) is 5.05. The maximum absolute atomic E-state index is 10.5. The number of hydrogen-bond donors (Lipinski definition) is 1. The van der Waals surface area contributed by atoms with Crippen LogP contribution in [0.4, 0.5) is 0 Å². The van der Waals surface area contributed by atoms with Gasteiger partial charge < -0.3 is 9.84 Å². The van der Waals surface area contributed by atoms with Gasteiger partial charge in [-0.1, -0.05) is 30.3 Å². The van der Waals surface area contributed by atoms with Crippen LogP contribution in [0, 0.1) is 0 Å². The van der Waals surface area contributed by atoms with E-state index in [-0.39, 0.29) is 6.42 Å². The number of carbonyl (C=O) groups is 1. The molecule has 1 heterocycles. The molecule has 1 aromatic heterocycles. The van der Waals surface area contributed by atoms with E-state index < -0.39 is 5.97 Å². The number of carboxylic acids is 1. The van der Waals surface area contributed by atoms with E-state index in [1.807, 2.05) is 42.5 Å². The van der Waals surface area contributed by atoms with Crippen molar-refractivity contribution in [1.82, 2.24) is 4.98 Å². The van der Waals surface area contributed by atoms with Crippen LogP contribution < -0.4 is 4.74 Å². The second-order valence-electron chi connectivity index (χ2n) is 6.06. The van der Waals surface area contributed by atoms with Gasteiger partial charge in [0.1, 0.15) is 12.4 Å². The third-order valence-corrected chi connectivity index (χ3v) is 4.11. The van der Waals surface area contributed by atoms with Crippen LogP contribution >= 0.6 is 0 Å². The van der Waals surface area contributed by atoms with Gasteiger partial charge in [-0.3, -0.25) is 9.78 Å². The zero-order chi connectivity index (χ0) is 17.5. The molecule has 3 aromatic rings. The Morgan fingerprint density at radius 3 is 2.60 bits per heavy atom. The van der Waals surface area contributed by atoms with Crippen LogP contribution in [-0.2, 0) is 17.8 Å². The minimum atomic E-state index is -0.729. The van der Waals surface area contributed by atoms with Gasteiger partial charge in [-0.25, -0.2) is 0 Å². The second kappa shape index (κ2) is 8.29. The summed E-state index contributed by atoms with van der Waals surface area (Å²) in [6.07, 6.45) is 4.52. The molecule has 0 aliphatic rings. The minimum Gasteiger partial charge on any atom is -0.489 e. The van der Waals surface area contributed by atoms with Crippen molar-refractivity contribution in [3.05, 3.63) is 71.9 Å². The number of nitrogens with zero attached hydrogens (tertiary/aromatic N) is 1. The number of aromatic nitrogens is 1. The normalized spacial score (nSPS) is 10.7. The fraction of sp³-hybridized carbons (Fsp3) is 0.238. The SMILES string of the molecule is O=C(O)CCCCc1ccc(OCc2ccc3cccnc3c2)cc1. The largest absolute Gasteiger partial charge is 0.489 e. The Morgan fingerprint density at radius 1 is 1.00 bits per heavy atom. The quantitative estimate of drug-likeness (QED) is 0.611. The van der Waals surface area contributed by atoms with E-state index in [1.165, 1.54) is 5.56 Å². The Balaban J connectivity index is 1.51. The molecule has 3 rings (SSSR count). The Labute approximate surface area is 147 Å². The molecule has 0 amide bonds. The van der Waals surface area contributed by atoms with Crippen LogP contribution in [0.3, 0.4) is 0 Å². The maximum atomic E-state index is 10.5. The van der Waals surface area contributed by atoms with Gasteiger partial charge in [-0.2, -0.15) is 0 Å². The van der Waals surface area contributed by atoms with Crippen molar-refractivity contribution in [1.29, 1.82) is 0 Å². The highest BCUT2D eigenvalue weighted by molar-refractivity contribution is 5.78. The van der Waals surface area contributed by atoms with E-state index in [4.69, 9.17) is 9.84 Å². The number of benzene rings is 2. The van der Waals surface area contributed by atoms with Crippen LogP contribution in [0.1, 0.15) is 30.4 Å². The lowest BCUT2D eigenvalue weighted by molar-refractivity contribution is -0.137. The molecule has 0 radical (unpaired) electrons. The standard InChI is InChI=1S/C21H21NO3/c23-21(24)6-2-1-4-16-8-11-19(12-9-16)25-15-17-7-10-18-5-3-13-22-20(18)14-17/h3,5,7-14H,1-2,4,6,15H2,(H,23,24). The molecule has 0 unspecified atom stereocenters. The lowest BCUT2D eigenvalue weighted by Gasteiger charge is -2.08. The predicted molar refractivity (Wildman–Crippen MR) is 97.7 cm³/mol. The fourth-order valence-electron chi connectivity index (χ4n) is 2.73. The molecule has 0 saturated heterocycles. The summed E-state index contributed by atoms with van der Waals surface area (Å²) in [6, 6.07) is 18.1. The van der Waals surface area contributed by atoms with Crippen molar-refractivity contribution in [2.45, 2.75) is 32.3 Å². The van der Waals surface area contributed by atoms with E-state index >= 15 is 0 Å². The first-order chi connectivity index (χ1) is 12.2. The molecule has 0 bridgehead atoms. The Kier molecular flexibility index (Phi) is 5.62.